The molecule has 1 aliphatic heterocycles. The van der Waals surface area contributed by atoms with Crippen LogP contribution in [0.5, 0.6) is 0 Å². The van der Waals surface area contributed by atoms with Crippen LogP contribution in [0.1, 0.15) is 36.0 Å². The van der Waals surface area contributed by atoms with Gasteiger partial charge in [0.1, 0.15) is 5.82 Å². The van der Waals surface area contributed by atoms with Crippen LogP contribution in [0, 0.1) is 18.7 Å². The van der Waals surface area contributed by atoms with Crippen LogP contribution in [0.2, 0.25) is 0 Å². The molecule has 1 fully saturated rings. The van der Waals surface area contributed by atoms with Gasteiger partial charge < -0.3 is 15.5 Å². The number of hydrogen-bond acceptors (Lipinski definition) is 2. The molecule has 2 atom stereocenters. The fourth-order valence-electron chi connectivity index (χ4n) is 3.81. The Morgan fingerprint density at radius 2 is 1.86 bits per heavy atom. The molecule has 0 aliphatic carbocycles. The second kappa shape index (κ2) is 9.54. The Labute approximate surface area is 171 Å². The van der Waals surface area contributed by atoms with E-state index in [0.717, 1.165) is 11.1 Å². The molecule has 0 bridgehead atoms. The lowest BCUT2D eigenvalue weighted by atomic mass is 9.83. The van der Waals surface area contributed by atoms with E-state index in [-0.39, 0.29) is 29.6 Å². The van der Waals surface area contributed by atoms with Gasteiger partial charge in [-0.1, -0.05) is 42.5 Å². The van der Waals surface area contributed by atoms with E-state index in [9.17, 15) is 14.0 Å². The van der Waals surface area contributed by atoms with Crippen molar-refractivity contribution in [3.63, 3.8) is 0 Å². The maximum absolute atomic E-state index is 13.7. The topological polar surface area (TPSA) is 61.4 Å². The number of urea groups is 1. The summed E-state index contributed by atoms with van der Waals surface area (Å²) in [5.74, 6) is -0.641. The summed E-state index contributed by atoms with van der Waals surface area (Å²) in [7, 11) is 0. The van der Waals surface area contributed by atoms with Gasteiger partial charge in [-0.05, 0) is 43.0 Å². The Morgan fingerprint density at radius 3 is 2.55 bits per heavy atom. The van der Waals surface area contributed by atoms with E-state index in [1.165, 1.54) is 6.07 Å². The van der Waals surface area contributed by atoms with Crippen LogP contribution in [0.3, 0.4) is 0 Å². The van der Waals surface area contributed by atoms with Crippen molar-refractivity contribution < 1.29 is 14.0 Å². The van der Waals surface area contributed by atoms with Gasteiger partial charge in [0.05, 0.1) is 5.92 Å². The van der Waals surface area contributed by atoms with Crippen LogP contribution in [-0.4, -0.2) is 36.5 Å². The highest BCUT2D eigenvalue weighted by Crippen LogP contribution is 2.31. The van der Waals surface area contributed by atoms with Crippen molar-refractivity contribution in [1.82, 2.24) is 15.5 Å². The maximum atomic E-state index is 13.7. The van der Waals surface area contributed by atoms with Crippen molar-refractivity contribution in [2.75, 3.05) is 19.6 Å². The quantitative estimate of drug-likeness (QED) is 0.810. The average Bonchev–Trinajstić information content (AvgIpc) is 2.74. The Hall–Kier alpha value is -2.89. The number of nitrogens with zero attached hydrogens (tertiary/aromatic N) is 1. The van der Waals surface area contributed by atoms with Gasteiger partial charge in [0.15, 0.2) is 0 Å². The summed E-state index contributed by atoms with van der Waals surface area (Å²) in [6.45, 7) is 5.47. The molecule has 2 aromatic carbocycles. The number of likely N-dealkylation sites (tertiary alicyclic amines) is 1. The molecule has 3 amide bonds. The predicted molar refractivity (Wildman–Crippen MR) is 111 cm³/mol. The van der Waals surface area contributed by atoms with Gasteiger partial charge in [0.25, 0.3) is 0 Å². The van der Waals surface area contributed by atoms with Crippen molar-refractivity contribution in [3.8, 4) is 0 Å². The minimum absolute atomic E-state index is 0.0156. The van der Waals surface area contributed by atoms with Crippen LogP contribution in [0.25, 0.3) is 0 Å². The van der Waals surface area contributed by atoms with Gasteiger partial charge in [-0.25, -0.2) is 9.18 Å². The molecule has 0 radical (unpaired) electrons. The molecule has 1 aliphatic rings. The van der Waals surface area contributed by atoms with E-state index in [4.69, 9.17) is 0 Å². The van der Waals surface area contributed by atoms with Crippen LogP contribution in [0.4, 0.5) is 9.18 Å². The number of hydrogen-bond donors (Lipinski definition) is 2. The Kier molecular flexibility index (Phi) is 6.86. The van der Waals surface area contributed by atoms with Crippen molar-refractivity contribution in [2.45, 2.75) is 32.7 Å². The van der Waals surface area contributed by atoms with Crippen LogP contribution in [0.15, 0.2) is 48.5 Å². The Morgan fingerprint density at radius 1 is 1.10 bits per heavy atom. The van der Waals surface area contributed by atoms with E-state index >= 15 is 0 Å². The SMILES string of the molecule is CCNC(=O)N1CC(C(=O)NCc2ccccc2)CC(c2ccc(F)c(C)c2)C1. The van der Waals surface area contributed by atoms with Crippen molar-refractivity contribution in [1.29, 1.82) is 0 Å². The highest BCUT2D eigenvalue weighted by molar-refractivity contribution is 5.81. The van der Waals surface area contributed by atoms with E-state index < -0.39 is 0 Å². The summed E-state index contributed by atoms with van der Waals surface area (Å²) in [5.41, 5.74) is 2.56. The van der Waals surface area contributed by atoms with Gasteiger partial charge in [-0.2, -0.15) is 0 Å². The predicted octanol–water partition coefficient (Wildman–Crippen LogP) is 3.59. The van der Waals surface area contributed by atoms with Crippen LogP contribution < -0.4 is 10.6 Å². The first-order valence-electron chi connectivity index (χ1n) is 10.1. The largest absolute Gasteiger partial charge is 0.352 e. The molecule has 6 heteroatoms. The minimum atomic E-state index is -0.314. The molecule has 2 unspecified atom stereocenters. The van der Waals surface area contributed by atoms with E-state index in [2.05, 4.69) is 10.6 Å². The lowest BCUT2D eigenvalue weighted by Crippen LogP contribution is -2.51. The molecular formula is C23H28FN3O2. The molecule has 5 nitrogen and oxygen atoms in total. The number of nitrogens with one attached hydrogen (secondary N) is 2. The maximum Gasteiger partial charge on any atom is 0.317 e. The van der Waals surface area contributed by atoms with Gasteiger partial charge in [-0.3, -0.25) is 4.79 Å². The minimum Gasteiger partial charge on any atom is -0.352 e. The molecule has 0 aromatic heterocycles. The summed E-state index contributed by atoms with van der Waals surface area (Å²) in [6.07, 6.45) is 0.627. The van der Waals surface area contributed by atoms with E-state index in [1.54, 1.807) is 17.9 Å². The molecule has 2 aromatic rings. The molecular weight excluding hydrogens is 369 g/mol. The fraction of sp³-hybridized carbons (Fsp3) is 0.391. The Balaban J connectivity index is 1.74. The summed E-state index contributed by atoms with van der Waals surface area (Å²) in [5, 5.41) is 5.82. The smallest absolute Gasteiger partial charge is 0.317 e. The molecule has 154 valence electrons. The first-order valence-corrected chi connectivity index (χ1v) is 10.1. The molecule has 1 saturated heterocycles. The zero-order chi connectivity index (χ0) is 20.8. The molecule has 0 saturated carbocycles. The van der Waals surface area contributed by atoms with Crippen LogP contribution >= 0.6 is 0 Å². The number of rotatable bonds is 5. The number of carbonyl (C=O) groups excluding carboxylic acids is 2. The first kappa shape index (κ1) is 20.8. The number of piperidine rings is 1. The zero-order valence-corrected chi connectivity index (χ0v) is 17.0. The molecule has 1 heterocycles. The number of carbonyl (C=O) groups is 2. The Bertz CT molecular complexity index is 856. The van der Waals surface area contributed by atoms with Crippen molar-refractivity contribution >= 4 is 11.9 Å². The molecule has 2 N–H and O–H groups in total. The van der Waals surface area contributed by atoms with Gasteiger partial charge in [-0.15, -0.1) is 0 Å². The number of amides is 3. The van der Waals surface area contributed by atoms with Gasteiger partial charge in [0, 0.05) is 32.1 Å². The summed E-state index contributed by atoms with van der Waals surface area (Å²) in [4.78, 5) is 27.0. The average molecular weight is 397 g/mol. The first-order chi connectivity index (χ1) is 14.0. The lowest BCUT2D eigenvalue weighted by Gasteiger charge is -2.37. The monoisotopic (exact) mass is 397 g/mol. The third kappa shape index (κ3) is 5.34. The second-order valence-corrected chi connectivity index (χ2v) is 7.58. The van der Waals surface area contributed by atoms with E-state index in [1.807, 2.05) is 43.3 Å². The number of aryl methyl sites for hydroxylation is 1. The summed E-state index contributed by atoms with van der Waals surface area (Å²) in [6, 6.07) is 14.6. The summed E-state index contributed by atoms with van der Waals surface area (Å²) < 4.78 is 13.7. The van der Waals surface area contributed by atoms with E-state index in [0.29, 0.717) is 38.2 Å². The van der Waals surface area contributed by atoms with Gasteiger partial charge in [0.2, 0.25) is 5.91 Å². The third-order valence-corrected chi connectivity index (χ3v) is 5.40. The molecule has 3 rings (SSSR count). The number of benzene rings is 2. The standard InChI is InChI=1S/C23H28FN3O2/c1-3-25-23(29)27-14-19(18-9-10-21(24)16(2)11-18)12-20(15-27)22(28)26-13-17-7-5-4-6-8-17/h4-11,19-20H,3,12-15H2,1-2H3,(H,25,29)(H,26,28). The van der Waals surface area contributed by atoms with Crippen LogP contribution in [-0.2, 0) is 11.3 Å². The zero-order valence-electron chi connectivity index (χ0n) is 17.0. The van der Waals surface area contributed by atoms with Gasteiger partial charge >= 0.3 is 6.03 Å². The molecule has 0 spiro atoms. The highest BCUT2D eigenvalue weighted by atomic mass is 19.1. The highest BCUT2D eigenvalue weighted by Gasteiger charge is 2.34. The normalized spacial score (nSPS) is 18.9. The lowest BCUT2D eigenvalue weighted by molar-refractivity contribution is -0.126. The van der Waals surface area contributed by atoms with Crippen molar-refractivity contribution in [3.05, 3.63) is 71.0 Å². The number of halogens is 1. The third-order valence-electron chi connectivity index (χ3n) is 5.40. The molecule has 29 heavy (non-hydrogen) atoms. The summed E-state index contributed by atoms with van der Waals surface area (Å²) >= 11 is 0. The van der Waals surface area contributed by atoms with Crippen molar-refractivity contribution in [2.24, 2.45) is 5.92 Å². The fourth-order valence-corrected chi connectivity index (χ4v) is 3.81. The second-order valence-electron chi connectivity index (χ2n) is 7.58.